The number of aromatic nitrogens is 1. The summed E-state index contributed by atoms with van der Waals surface area (Å²) in [5, 5.41) is 4.93. The first-order chi connectivity index (χ1) is 16.9. The second kappa shape index (κ2) is 11.1. The minimum Gasteiger partial charge on any atom is -0.454 e. The number of hydrogen-bond acceptors (Lipinski definition) is 5. The van der Waals surface area contributed by atoms with Crippen molar-refractivity contribution in [2.24, 2.45) is 0 Å². The van der Waals surface area contributed by atoms with Gasteiger partial charge in [-0.3, -0.25) is 4.79 Å². The number of rotatable bonds is 9. The fourth-order valence-electron chi connectivity index (χ4n) is 4.39. The molecule has 1 aliphatic rings. The summed E-state index contributed by atoms with van der Waals surface area (Å²) in [6.07, 6.45) is 0.945. The lowest BCUT2D eigenvalue weighted by molar-refractivity contribution is 0.174. The highest BCUT2D eigenvalue weighted by Crippen LogP contribution is 2.35. The van der Waals surface area contributed by atoms with E-state index in [1.807, 2.05) is 18.2 Å². The van der Waals surface area contributed by atoms with Crippen molar-refractivity contribution in [3.05, 3.63) is 63.4 Å². The minimum atomic E-state index is -0.126. The fraction of sp³-hybridized carbons (Fsp3) is 0.407. The molecule has 0 fully saturated rings. The maximum atomic E-state index is 13.0. The van der Waals surface area contributed by atoms with E-state index in [0.717, 1.165) is 54.8 Å². The van der Waals surface area contributed by atoms with Gasteiger partial charge in [-0.15, -0.1) is 0 Å². The van der Waals surface area contributed by atoms with Crippen molar-refractivity contribution < 1.29 is 9.47 Å². The summed E-state index contributed by atoms with van der Waals surface area (Å²) >= 11 is 5.84. The molecule has 35 heavy (non-hydrogen) atoms. The SMILES string of the molecule is CCN(CC)CCCN(Cc1cc2cc3c(cc2[nH]c1=O)OCO3)C(=S)Nc1ccc(C)cc1C. The van der Waals surface area contributed by atoms with Crippen molar-refractivity contribution in [2.75, 3.05) is 38.3 Å². The third-order valence-electron chi connectivity index (χ3n) is 6.48. The van der Waals surface area contributed by atoms with Crippen LogP contribution < -0.4 is 20.3 Å². The predicted octanol–water partition coefficient (Wildman–Crippen LogP) is 4.80. The summed E-state index contributed by atoms with van der Waals surface area (Å²) in [6, 6.07) is 11.9. The largest absolute Gasteiger partial charge is 0.454 e. The Morgan fingerprint density at radius 3 is 2.51 bits per heavy atom. The lowest BCUT2D eigenvalue weighted by Gasteiger charge is -2.28. The molecule has 0 saturated carbocycles. The first-order valence-electron chi connectivity index (χ1n) is 12.2. The molecule has 0 unspecified atom stereocenters. The molecule has 2 N–H and O–H groups in total. The van der Waals surface area contributed by atoms with Crippen molar-refractivity contribution in [1.29, 1.82) is 0 Å². The number of anilines is 1. The van der Waals surface area contributed by atoms with Gasteiger partial charge in [0.25, 0.3) is 5.56 Å². The van der Waals surface area contributed by atoms with E-state index in [4.69, 9.17) is 21.7 Å². The van der Waals surface area contributed by atoms with Crippen molar-refractivity contribution in [3.8, 4) is 11.5 Å². The molecule has 2 aromatic carbocycles. The number of fused-ring (bicyclic) bond motifs is 2. The van der Waals surface area contributed by atoms with Crippen LogP contribution in [-0.4, -0.2) is 52.9 Å². The van der Waals surface area contributed by atoms with E-state index in [1.54, 1.807) is 0 Å². The number of pyridine rings is 1. The van der Waals surface area contributed by atoms with Crippen LogP contribution in [0.25, 0.3) is 10.9 Å². The molecule has 7 nitrogen and oxygen atoms in total. The monoisotopic (exact) mass is 494 g/mol. The van der Waals surface area contributed by atoms with Crippen LogP contribution >= 0.6 is 12.2 Å². The van der Waals surface area contributed by atoms with E-state index in [1.165, 1.54) is 5.56 Å². The van der Waals surface area contributed by atoms with Crippen LogP contribution in [0.2, 0.25) is 0 Å². The van der Waals surface area contributed by atoms with Crippen LogP contribution in [0.15, 0.2) is 41.2 Å². The van der Waals surface area contributed by atoms with E-state index in [9.17, 15) is 4.79 Å². The fourth-order valence-corrected chi connectivity index (χ4v) is 4.66. The highest BCUT2D eigenvalue weighted by atomic mass is 32.1. The van der Waals surface area contributed by atoms with Gasteiger partial charge in [-0.25, -0.2) is 0 Å². The number of aryl methyl sites for hydroxylation is 2. The van der Waals surface area contributed by atoms with E-state index >= 15 is 0 Å². The number of nitrogens with zero attached hydrogens (tertiary/aromatic N) is 2. The van der Waals surface area contributed by atoms with E-state index in [0.29, 0.717) is 28.7 Å². The predicted molar refractivity (Wildman–Crippen MR) is 146 cm³/mol. The molecule has 2 heterocycles. The van der Waals surface area contributed by atoms with Gasteiger partial charge in [0.05, 0.1) is 12.1 Å². The van der Waals surface area contributed by atoms with Crippen molar-refractivity contribution >= 4 is 33.9 Å². The average molecular weight is 495 g/mol. The summed E-state index contributed by atoms with van der Waals surface area (Å²) < 4.78 is 11.0. The number of aromatic amines is 1. The lowest BCUT2D eigenvalue weighted by atomic mass is 10.1. The van der Waals surface area contributed by atoms with Crippen molar-refractivity contribution in [3.63, 3.8) is 0 Å². The van der Waals surface area contributed by atoms with Crippen molar-refractivity contribution in [2.45, 2.75) is 40.7 Å². The van der Waals surface area contributed by atoms with Gasteiger partial charge in [0.1, 0.15) is 0 Å². The van der Waals surface area contributed by atoms with Crippen LogP contribution in [0.1, 0.15) is 37.0 Å². The van der Waals surface area contributed by atoms with E-state index < -0.39 is 0 Å². The normalized spacial score (nSPS) is 12.4. The molecule has 0 amide bonds. The number of benzene rings is 2. The number of nitrogens with one attached hydrogen (secondary N) is 2. The second-order valence-corrected chi connectivity index (χ2v) is 9.35. The number of H-pyrrole nitrogens is 1. The zero-order valence-corrected chi connectivity index (χ0v) is 21.8. The highest BCUT2D eigenvalue weighted by Gasteiger charge is 2.18. The minimum absolute atomic E-state index is 0.126. The Morgan fingerprint density at radius 2 is 1.80 bits per heavy atom. The summed E-state index contributed by atoms with van der Waals surface area (Å²) in [7, 11) is 0. The Kier molecular flexibility index (Phi) is 7.93. The van der Waals surface area contributed by atoms with Crippen molar-refractivity contribution in [1.82, 2.24) is 14.8 Å². The van der Waals surface area contributed by atoms with E-state index in [2.05, 4.69) is 66.0 Å². The summed E-state index contributed by atoms with van der Waals surface area (Å²) in [5.74, 6) is 1.34. The standard InChI is InChI=1S/C27H34N4O3S/c1-5-30(6-2)10-7-11-31(27(35)29-22-9-8-18(3)12-19(22)4)16-21-13-20-14-24-25(34-17-33-24)15-23(20)28-26(21)32/h8-9,12-15H,5-7,10-11,16-17H2,1-4H3,(H,28,32)(H,29,35). The molecule has 8 heteroatoms. The summed E-state index contributed by atoms with van der Waals surface area (Å²) in [4.78, 5) is 20.5. The average Bonchev–Trinajstić information content (AvgIpc) is 3.29. The molecule has 0 aliphatic carbocycles. The Hall–Kier alpha value is -3.10. The van der Waals surface area contributed by atoms with Crippen LogP contribution in [0.4, 0.5) is 5.69 Å². The maximum Gasteiger partial charge on any atom is 0.253 e. The maximum absolute atomic E-state index is 13.0. The van der Waals surface area contributed by atoms with Gasteiger partial charge < -0.3 is 29.6 Å². The molecule has 186 valence electrons. The van der Waals surface area contributed by atoms with Gasteiger partial charge in [0.15, 0.2) is 16.6 Å². The van der Waals surface area contributed by atoms with Gasteiger partial charge in [-0.2, -0.15) is 0 Å². The molecule has 0 spiro atoms. The molecular weight excluding hydrogens is 460 g/mol. The Labute approximate surface area is 212 Å². The first kappa shape index (κ1) is 25.0. The first-order valence-corrected chi connectivity index (χ1v) is 12.6. The third-order valence-corrected chi connectivity index (χ3v) is 6.84. The van der Waals surface area contributed by atoms with Gasteiger partial charge in [-0.1, -0.05) is 31.5 Å². The molecule has 1 aromatic heterocycles. The molecule has 0 saturated heterocycles. The molecule has 3 aromatic rings. The molecule has 4 rings (SSSR count). The lowest BCUT2D eigenvalue weighted by Crippen LogP contribution is -2.38. The van der Waals surface area contributed by atoms with Gasteiger partial charge in [0.2, 0.25) is 6.79 Å². The topological polar surface area (TPSA) is 69.8 Å². The molecule has 0 bridgehead atoms. The summed E-state index contributed by atoms with van der Waals surface area (Å²) in [5.41, 5.74) is 4.58. The highest BCUT2D eigenvalue weighted by molar-refractivity contribution is 7.80. The van der Waals surface area contributed by atoms with Crippen LogP contribution in [0.3, 0.4) is 0 Å². The quantitative estimate of drug-likeness (QED) is 0.414. The zero-order chi connectivity index (χ0) is 24.9. The second-order valence-electron chi connectivity index (χ2n) is 8.97. The Balaban J connectivity index is 1.58. The Bertz CT molecular complexity index is 1270. The molecular formula is C27H34N4O3S. The van der Waals surface area contributed by atoms with Crippen LogP contribution in [-0.2, 0) is 6.54 Å². The molecule has 0 radical (unpaired) electrons. The number of ether oxygens (including phenoxy) is 2. The van der Waals surface area contributed by atoms with Crippen LogP contribution in [0, 0.1) is 13.8 Å². The summed E-state index contributed by atoms with van der Waals surface area (Å²) in [6.45, 7) is 12.9. The number of hydrogen-bond donors (Lipinski definition) is 2. The Morgan fingerprint density at radius 1 is 1.06 bits per heavy atom. The van der Waals surface area contributed by atoms with Crippen LogP contribution in [0.5, 0.6) is 11.5 Å². The van der Waals surface area contributed by atoms with E-state index in [-0.39, 0.29) is 12.4 Å². The molecule has 0 atom stereocenters. The zero-order valence-electron chi connectivity index (χ0n) is 20.9. The van der Waals surface area contributed by atoms with Gasteiger partial charge in [0, 0.05) is 29.2 Å². The molecule has 1 aliphatic heterocycles. The third kappa shape index (κ3) is 5.94. The van der Waals surface area contributed by atoms with Gasteiger partial charge in [-0.05, 0) is 75.9 Å². The smallest absolute Gasteiger partial charge is 0.253 e. The number of thiocarbonyl (C=S) groups is 1. The van der Waals surface area contributed by atoms with Gasteiger partial charge >= 0.3 is 0 Å².